The number of nitrogens with one attached hydrogen (secondary N) is 2. The van der Waals surface area contributed by atoms with Crippen molar-refractivity contribution in [3.8, 4) is 0 Å². The van der Waals surface area contributed by atoms with Crippen LogP contribution >= 0.6 is 0 Å². The zero-order valence-electron chi connectivity index (χ0n) is 16.2. The molecule has 0 radical (unpaired) electrons. The lowest BCUT2D eigenvalue weighted by molar-refractivity contribution is -0.123. The van der Waals surface area contributed by atoms with Crippen molar-refractivity contribution in [2.24, 2.45) is 0 Å². The molecule has 0 spiro atoms. The van der Waals surface area contributed by atoms with Crippen LogP contribution in [-0.4, -0.2) is 32.7 Å². The molecule has 0 bridgehead atoms. The number of fused-ring (bicyclic) bond motifs is 1. The normalized spacial score (nSPS) is 12.4. The fourth-order valence-electron chi connectivity index (χ4n) is 2.92. The number of nitrogens with zero attached hydrogens (tertiary/aromatic N) is 2. The second-order valence-corrected chi connectivity index (χ2v) is 6.93. The number of ether oxygens (including phenoxy) is 1. The van der Waals surface area contributed by atoms with E-state index < -0.39 is 18.0 Å². The smallest absolute Gasteiger partial charge is 0.338 e. The first-order valence-electron chi connectivity index (χ1n) is 8.92. The van der Waals surface area contributed by atoms with Gasteiger partial charge in [0.1, 0.15) is 5.82 Å². The van der Waals surface area contributed by atoms with Crippen molar-refractivity contribution in [2.75, 3.05) is 5.32 Å². The molecule has 27 heavy (non-hydrogen) atoms. The third kappa shape index (κ3) is 3.72. The average molecular weight is 368 g/mol. The predicted octanol–water partition coefficient (Wildman–Crippen LogP) is 3.75. The molecule has 0 fully saturated rings. The van der Waals surface area contributed by atoms with Crippen LogP contribution in [0.15, 0.2) is 30.5 Å². The number of anilines is 1. The van der Waals surface area contributed by atoms with E-state index in [2.05, 4.69) is 15.4 Å². The van der Waals surface area contributed by atoms with Gasteiger partial charge in [-0.05, 0) is 58.4 Å². The highest BCUT2D eigenvalue weighted by Gasteiger charge is 2.21. The Morgan fingerprint density at radius 3 is 2.63 bits per heavy atom. The van der Waals surface area contributed by atoms with E-state index >= 15 is 0 Å². The van der Waals surface area contributed by atoms with Crippen LogP contribution in [-0.2, 0) is 9.53 Å². The first-order valence-corrected chi connectivity index (χ1v) is 8.92. The molecule has 0 aliphatic carbocycles. The molecule has 142 valence electrons. The molecular formula is C20H24N4O3. The maximum absolute atomic E-state index is 12.5. The van der Waals surface area contributed by atoms with Crippen LogP contribution in [0.1, 0.15) is 48.4 Å². The molecule has 0 saturated heterocycles. The summed E-state index contributed by atoms with van der Waals surface area (Å²) in [4.78, 5) is 28.1. The number of amides is 1. The predicted molar refractivity (Wildman–Crippen MR) is 104 cm³/mol. The number of esters is 1. The van der Waals surface area contributed by atoms with Gasteiger partial charge in [-0.25, -0.2) is 9.48 Å². The minimum absolute atomic E-state index is 0.105. The lowest BCUT2D eigenvalue weighted by Crippen LogP contribution is -2.31. The van der Waals surface area contributed by atoms with Gasteiger partial charge in [0.05, 0.1) is 11.8 Å². The summed E-state index contributed by atoms with van der Waals surface area (Å²) in [6.07, 6.45) is 0.681. The molecule has 0 aliphatic heterocycles. The summed E-state index contributed by atoms with van der Waals surface area (Å²) in [6.45, 7) is 9.46. The summed E-state index contributed by atoms with van der Waals surface area (Å²) in [7, 11) is 0. The molecular weight excluding hydrogens is 344 g/mol. The average Bonchev–Trinajstić information content (AvgIpc) is 3.19. The Kier molecular flexibility index (Phi) is 5.03. The Balaban J connectivity index is 1.70. The van der Waals surface area contributed by atoms with E-state index in [9.17, 15) is 9.59 Å². The summed E-state index contributed by atoms with van der Waals surface area (Å²) in [6, 6.07) is 7.14. The maximum atomic E-state index is 12.5. The minimum atomic E-state index is -0.933. The van der Waals surface area contributed by atoms with Gasteiger partial charge in [-0.2, -0.15) is 5.10 Å². The number of rotatable bonds is 5. The standard InChI is InChI=1S/C20H24N4O3/c1-11(2)24-18(8-9-21-24)23-19(25)14(5)27-20(26)15-6-7-17-16(10-15)12(3)13(4)22-17/h6-11,14,22H,1-5H3,(H,23,25). The van der Waals surface area contributed by atoms with E-state index in [1.807, 2.05) is 33.8 Å². The van der Waals surface area contributed by atoms with Gasteiger partial charge < -0.3 is 15.0 Å². The number of carbonyl (C=O) groups excluding carboxylic acids is 2. The topological polar surface area (TPSA) is 89.0 Å². The minimum Gasteiger partial charge on any atom is -0.449 e. The van der Waals surface area contributed by atoms with Crippen molar-refractivity contribution in [1.29, 1.82) is 0 Å². The number of aromatic amines is 1. The quantitative estimate of drug-likeness (QED) is 0.671. The summed E-state index contributed by atoms with van der Waals surface area (Å²) in [5.74, 6) is -0.367. The summed E-state index contributed by atoms with van der Waals surface area (Å²) < 4.78 is 7.04. The van der Waals surface area contributed by atoms with Crippen molar-refractivity contribution in [2.45, 2.75) is 46.8 Å². The number of aromatic nitrogens is 3. The Morgan fingerprint density at radius 2 is 1.93 bits per heavy atom. The first kappa shape index (κ1) is 18.7. The molecule has 3 rings (SSSR count). The van der Waals surface area contributed by atoms with Gasteiger partial charge in [0.2, 0.25) is 0 Å². The molecule has 2 aromatic heterocycles. The van der Waals surface area contributed by atoms with E-state index in [0.717, 1.165) is 22.2 Å². The highest BCUT2D eigenvalue weighted by atomic mass is 16.5. The number of H-pyrrole nitrogens is 1. The molecule has 7 nitrogen and oxygen atoms in total. The van der Waals surface area contributed by atoms with Crippen molar-refractivity contribution < 1.29 is 14.3 Å². The van der Waals surface area contributed by atoms with Gasteiger partial charge in [-0.15, -0.1) is 0 Å². The molecule has 7 heteroatoms. The number of benzene rings is 1. The first-order chi connectivity index (χ1) is 12.8. The monoisotopic (exact) mass is 368 g/mol. The molecule has 3 aromatic rings. The Hall–Kier alpha value is -3.09. The molecule has 1 amide bonds. The van der Waals surface area contributed by atoms with Crippen molar-refractivity contribution in [1.82, 2.24) is 14.8 Å². The highest BCUT2D eigenvalue weighted by molar-refractivity contribution is 5.99. The molecule has 2 heterocycles. The van der Waals surface area contributed by atoms with E-state index in [0.29, 0.717) is 11.4 Å². The van der Waals surface area contributed by atoms with Crippen molar-refractivity contribution >= 4 is 28.6 Å². The lowest BCUT2D eigenvalue weighted by Gasteiger charge is -2.15. The third-order valence-electron chi connectivity index (χ3n) is 4.61. The lowest BCUT2D eigenvalue weighted by atomic mass is 10.1. The summed E-state index contributed by atoms with van der Waals surface area (Å²) in [5, 5.41) is 7.89. The van der Waals surface area contributed by atoms with Crippen LogP contribution in [0.25, 0.3) is 10.9 Å². The van der Waals surface area contributed by atoms with Crippen LogP contribution in [0.4, 0.5) is 5.82 Å². The van der Waals surface area contributed by atoms with E-state index in [-0.39, 0.29) is 6.04 Å². The van der Waals surface area contributed by atoms with Gasteiger partial charge in [0.25, 0.3) is 5.91 Å². The van der Waals surface area contributed by atoms with Gasteiger partial charge in [-0.3, -0.25) is 4.79 Å². The Labute approximate surface area is 157 Å². The maximum Gasteiger partial charge on any atom is 0.338 e. The van der Waals surface area contributed by atoms with E-state index in [4.69, 9.17) is 4.74 Å². The van der Waals surface area contributed by atoms with E-state index in [1.54, 1.807) is 36.0 Å². The zero-order valence-corrected chi connectivity index (χ0v) is 16.2. The summed E-state index contributed by atoms with van der Waals surface area (Å²) >= 11 is 0. The SMILES string of the molecule is Cc1[nH]c2ccc(C(=O)OC(C)C(=O)Nc3ccnn3C(C)C)cc2c1C. The van der Waals surface area contributed by atoms with E-state index in [1.165, 1.54) is 0 Å². The number of carbonyl (C=O) groups is 2. The van der Waals surface area contributed by atoms with Gasteiger partial charge in [-0.1, -0.05) is 0 Å². The second kappa shape index (κ2) is 7.26. The molecule has 1 aromatic carbocycles. The molecule has 1 atom stereocenters. The third-order valence-corrected chi connectivity index (χ3v) is 4.61. The fourth-order valence-corrected chi connectivity index (χ4v) is 2.92. The molecule has 0 aliphatic rings. The highest BCUT2D eigenvalue weighted by Crippen LogP contribution is 2.23. The Bertz CT molecular complexity index is 1000. The summed E-state index contributed by atoms with van der Waals surface area (Å²) in [5.41, 5.74) is 3.53. The largest absolute Gasteiger partial charge is 0.449 e. The van der Waals surface area contributed by atoms with Crippen LogP contribution in [0.3, 0.4) is 0 Å². The van der Waals surface area contributed by atoms with Gasteiger partial charge in [0, 0.05) is 28.7 Å². The van der Waals surface area contributed by atoms with Crippen LogP contribution < -0.4 is 5.32 Å². The second-order valence-electron chi connectivity index (χ2n) is 6.93. The Morgan fingerprint density at radius 1 is 1.19 bits per heavy atom. The number of aryl methyl sites for hydroxylation is 2. The van der Waals surface area contributed by atoms with Crippen molar-refractivity contribution in [3.05, 3.63) is 47.3 Å². The van der Waals surface area contributed by atoms with Gasteiger partial charge in [0.15, 0.2) is 6.10 Å². The van der Waals surface area contributed by atoms with Crippen LogP contribution in [0, 0.1) is 13.8 Å². The van der Waals surface area contributed by atoms with Gasteiger partial charge >= 0.3 is 5.97 Å². The van der Waals surface area contributed by atoms with Crippen LogP contribution in [0.5, 0.6) is 0 Å². The molecule has 0 saturated carbocycles. The number of hydrogen-bond acceptors (Lipinski definition) is 4. The van der Waals surface area contributed by atoms with Crippen LogP contribution in [0.2, 0.25) is 0 Å². The number of hydrogen-bond donors (Lipinski definition) is 2. The zero-order chi connectivity index (χ0) is 19.7. The molecule has 2 N–H and O–H groups in total. The molecule has 1 unspecified atom stereocenters. The van der Waals surface area contributed by atoms with Crippen molar-refractivity contribution in [3.63, 3.8) is 0 Å². The fraction of sp³-hybridized carbons (Fsp3) is 0.350.